The molecule has 0 aliphatic rings. The number of hydrogen-bond donors (Lipinski definition) is 1. The Morgan fingerprint density at radius 3 is 2.32 bits per heavy atom. The number of alkyl halides is 3. The minimum absolute atomic E-state index is 0.0468. The Labute approximate surface area is 112 Å². The second kappa shape index (κ2) is 5.71. The highest BCUT2D eigenvalue weighted by Crippen LogP contribution is 2.30. The van der Waals surface area contributed by atoms with Crippen molar-refractivity contribution in [3.63, 3.8) is 0 Å². The van der Waals surface area contributed by atoms with Crippen LogP contribution in [0.15, 0.2) is 24.3 Å². The summed E-state index contributed by atoms with van der Waals surface area (Å²) in [6.45, 7) is 1.70. The van der Waals surface area contributed by atoms with Gasteiger partial charge in [0.05, 0.1) is 17.2 Å². The average molecular weight is 287 g/mol. The molecule has 1 unspecified atom stereocenters. The highest BCUT2D eigenvalue weighted by atomic mass is 32.1. The van der Waals surface area contributed by atoms with E-state index in [-0.39, 0.29) is 12.2 Å². The quantitative estimate of drug-likeness (QED) is 0.925. The molecule has 2 aromatic rings. The van der Waals surface area contributed by atoms with Crippen LogP contribution < -0.4 is 0 Å². The molecule has 0 saturated carbocycles. The third kappa shape index (κ3) is 2.96. The molecule has 2 nitrogen and oxygen atoms in total. The Morgan fingerprint density at radius 2 is 1.84 bits per heavy atom. The Bertz CT molecular complexity index is 554. The van der Waals surface area contributed by atoms with Gasteiger partial charge in [0.25, 0.3) is 6.43 Å². The number of nitrogens with zero attached hydrogens (tertiary/aromatic N) is 1. The van der Waals surface area contributed by atoms with Gasteiger partial charge in [-0.25, -0.2) is 18.2 Å². The molecule has 2 rings (SSSR count). The summed E-state index contributed by atoms with van der Waals surface area (Å²) in [5.41, 5.74) is 1.41. The smallest absolute Gasteiger partial charge is 0.273 e. The van der Waals surface area contributed by atoms with E-state index in [9.17, 15) is 13.2 Å². The van der Waals surface area contributed by atoms with Crippen molar-refractivity contribution in [2.45, 2.75) is 26.1 Å². The molecule has 1 atom stereocenters. The fraction of sp³-hybridized carbons (Fsp3) is 0.308. The van der Waals surface area contributed by atoms with Crippen molar-refractivity contribution in [1.29, 1.82) is 0 Å². The van der Waals surface area contributed by atoms with Crippen LogP contribution in [0.5, 0.6) is 0 Å². The maximum Gasteiger partial charge on any atom is 0.273 e. The van der Waals surface area contributed by atoms with E-state index in [0.717, 1.165) is 16.1 Å². The van der Waals surface area contributed by atoms with E-state index in [4.69, 9.17) is 5.11 Å². The topological polar surface area (TPSA) is 33.1 Å². The molecule has 1 heterocycles. The first-order valence-electron chi connectivity index (χ1n) is 5.62. The molecule has 1 aromatic heterocycles. The van der Waals surface area contributed by atoms with Gasteiger partial charge in [0.15, 0.2) is 6.17 Å². The summed E-state index contributed by atoms with van der Waals surface area (Å²) < 4.78 is 37.6. The molecule has 0 radical (unpaired) electrons. The second-order valence-electron chi connectivity index (χ2n) is 4.04. The van der Waals surface area contributed by atoms with Crippen LogP contribution in [0.3, 0.4) is 0 Å². The number of aryl methyl sites for hydroxylation is 1. The van der Waals surface area contributed by atoms with Crippen LogP contribution in [-0.4, -0.2) is 16.5 Å². The first-order valence-corrected chi connectivity index (χ1v) is 6.44. The van der Waals surface area contributed by atoms with Crippen LogP contribution in [0, 0.1) is 6.92 Å². The standard InChI is InChI=1S/C13H12F3NOS/c1-7-10(6-18)19-13(17-7)9-4-2-8(3-5-9)11(14)12(15)16/h2-5,11-12,18H,6H2,1H3. The molecule has 0 amide bonds. The van der Waals surface area contributed by atoms with Crippen molar-refractivity contribution in [1.82, 2.24) is 4.98 Å². The van der Waals surface area contributed by atoms with Gasteiger partial charge in [-0.3, -0.25) is 0 Å². The fourth-order valence-corrected chi connectivity index (χ4v) is 2.58. The Hall–Kier alpha value is -1.40. The van der Waals surface area contributed by atoms with Gasteiger partial charge in [-0.1, -0.05) is 24.3 Å². The first kappa shape index (κ1) is 14.0. The summed E-state index contributed by atoms with van der Waals surface area (Å²) in [6, 6.07) is 5.79. The van der Waals surface area contributed by atoms with Crippen molar-refractivity contribution >= 4 is 11.3 Å². The molecule has 0 aliphatic carbocycles. The van der Waals surface area contributed by atoms with Gasteiger partial charge in [0, 0.05) is 5.56 Å². The van der Waals surface area contributed by atoms with Gasteiger partial charge in [-0.2, -0.15) is 0 Å². The molecule has 1 aromatic carbocycles. The van der Waals surface area contributed by atoms with E-state index in [1.165, 1.54) is 23.5 Å². The molecule has 0 bridgehead atoms. The fourth-order valence-electron chi connectivity index (χ4n) is 1.65. The average Bonchev–Trinajstić information content (AvgIpc) is 2.79. The van der Waals surface area contributed by atoms with E-state index in [0.29, 0.717) is 5.01 Å². The lowest BCUT2D eigenvalue weighted by atomic mass is 10.1. The summed E-state index contributed by atoms with van der Waals surface area (Å²) in [7, 11) is 0. The first-order chi connectivity index (χ1) is 9.02. The number of rotatable bonds is 4. The van der Waals surface area contributed by atoms with E-state index in [1.807, 2.05) is 0 Å². The third-order valence-electron chi connectivity index (χ3n) is 2.73. The van der Waals surface area contributed by atoms with Crippen LogP contribution in [0.1, 0.15) is 22.3 Å². The van der Waals surface area contributed by atoms with Crippen molar-refractivity contribution < 1.29 is 18.3 Å². The summed E-state index contributed by atoms with van der Waals surface area (Å²) in [4.78, 5) is 5.04. The van der Waals surface area contributed by atoms with Gasteiger partial charge in [-0.05, 0) is 12.5 Å². The van der Waals surface area contributed by atoms with Crippen molar-refractivity contribution in [3.8, 4) is 10.6 Å². The number of hydrogen-bond acceptors (Lipinski definition) is 3. The predicted molar refractivity (Wildman–Crippen MR) is 68.1 cm³/mol. The van der Waals surface area contributed by atoms with Crippen LogP contribution in [0.25, 0.3) is 10.6 Å². The monoisotopic (exact) mass is 287 g/mol. The molecule has 1 N–H and O–H groups in total. The number of benzene rings is 1. The summed E-state index contributed by atoms with van der Waals surface area (Å²) in [6.07, 6.45) is -5.28. The van der Waals surface area contributed by atoms with Gasteiger partial charge < -0.3 is 5.11 Å². The van der Waals surface area contributed by atoms with Crippen LogP contribution >= 0.6 is 11.3 Å². The van der Waals surface area contributed by atoms with Crippen LogP contribution in [0.4, 0.5) is 13.2 Å². The Kier molecular flexibility index (Phi) is 4.21. The highest BCUT2D eigenvalue weighted by molar-refractivity contribution is 7.15. The number of aliphatic hydroxyl groups excluding tert-OH is 1. The largest absolute Gasteiger partial charge is 0.391 e. The van der Waals surface area contributed by atoms with Crippen LogP contribution in [0.2, 0.25) is 0 Å². The van der Waals surface area contributed by atoms with E-state index in [1.54, 1.807) is 19.1 Å². The summed E-state index contributed by atoms with van der Waals surface area (Å²) in [5.74, 6) is 0. The zero-order valence-electron chi connectivity index (χ0n) is 10.1. The molecule has 6 heteroatoms. The lowest BCUT2D eigenvalue weighted by Gasteiger charge is -2.07. The van der Waals surface area contributed by atoms with E-state index in [2.05, 4.69) is 4.98 Å². The van der Waals surface area contributed by atoms with E-state index >= 15 is 0 Å². The van der Waals surface area contributed by atoms with Crippen molar-refractivity contribution in [2.75, 3.05) is 0 Å². The molecule has 0 spiro atoms. The molecule has 102 valence electrons. The zero-order valence-corrected chi connectivity index (χ0v) is 10.9. The maximum absolute atomic E-state index is 13.1. The highest BCUT2D eigenvalue weighted by Gasteiger charge is 2.21. The number of aromatic nitrogens is 1. The Balaban J connectivity index is 2.27. The summed E-state index contributed by atoms with van der Waals surface area (Å²) in [5, 5.41) is 9.78. The van der Waals surface area contributed by atoms with Crippen molar-refractivity contribution in [3.05, 3.63) is 40.4 Å². The second-order valence-corrected chi connectivity index (χ2v) is 5.13. The zero-order chi connectivity index (χ0) is 14.0. The van der Waals surface area contributed by atoms with Gasteiger partial charge in [0.1, 0.15) is 5.01 Å². The SMILES string of the molecule is Cc1nc(-c2ccc(C(F)C(F)F)cc2)sc1CO. The lowest BCUT2D eigenvalue weighted by Crippen LogP contribution is -2.02. The molecular formula is C13H12F3NOS. The normalized spacial score (nSPS) is 12.9. The van der Waals surface area contributed by atoms with Gasteiger partial charge >= 0.3 is 0 Å². The Morgan fingerprint density at radius 1 is 1.21 bits per heavy atom. The minimum Gasteiger partial charge on any atom is -0.391 e. The van der Waals surface area contributed by atoms with Crippen LogP contribution in [-0.2, 0) is 6.61 Å². The number of aliphatic hydroxyl groups is 1. The molecule has 0 aliphatic heterocycles. The predicted octanol–water partition coefficient (Wildman–Crippen LogP) is 3.89. The minimum atomic E-state index is -3.02. The van der Waals surface area contributed by atoms with Crippen molar-refractivity contribution in [2.24, 2.45) is 0 Å². The molecular weight excluding hydrogens is 275 g/mol. The molecule has 0 fully saturated rings. The van der Waals surface area contributed by atoms with E-state index < -0.39 is 12.6 Å². The number of thiazole rings is 1. The lowest BCUT2D eigenvalue weighted by molar-refractivity contribution is 0.0496. The third-order valence-corrected chi connectivity index (χ3v) is 3.92. The molecule has 19 heavy (non-hydrogen) atoms. The van der Waals surface area contributed by atoms with Gasteiger partial charge in [0.2, 0.25) is 0 Å². The summed E-state index contributed by atoms with van der Waals surface area (Å²) >= 11 is 1.33. The molecule has 0 saturated heterocycles. The van der Waals surface area contributed by atoms with Gasteiger partial charge in [-0.15, -0.1) is 11.3 Å². The maximum atomic E-state index is 13.1. The number of halogens is 3.